The molecule has 1 aromatic rings. The van der Waals surface area contributed by atoms with E-state index in [1.165, 1.54) is 4.90 Å². The lowest BCUT2D eigenvalue weighted by atomic mass is 9.70. The van der Waals surface area contributed by atoms with Gasteiger partial charge in [0.1, 0.15) is 17.7 Å². The molecule has 0 aromatic heterocycles. The topological polar surface area (TPSA) is 125 Å². The number of rotatable bonds is 16. The second-order valence-corrected chi connectivity index (χ2v) is 11.7. The molecule has 43 heavy (non-hydrogen) atoms. The number of amides is 3. The summed E-state index contributed by atoms with van der Waals surface area (Å²) in [6, 6.07) is 7.65. The molecule has 2 N–H and O–H groups in total. The first-order chi connectivity index (χ1) is 20.7. The fourth-order valence-electron chi connectivity index (χ4n) is 6.96. The number of hydrogen-bond acceptors (Lipinski definition) is 7. The highest BCUT2D eigenvalue weighted by atomic mass is 16.6. The Morgan fingerprint density at radius 2 is 2.00 bits per heavy atom. The average Bonchev–Trinajstić information content (AvgIpc) is 3.64. The van der Waals surface area contributed by atoms with E-state index in [1.807, 2.05) is 37.3 Å². The van der Waals surface area contributed by atoms with Crippen LogP contribution in [0.4, 0.5) is 0 Å². The number of hydrogen-bond donors (Lipinski definition) is 2. The number of benzene rings is 1. The first-order valence-corrected chi connectivity index (χ1v) is 15.4. The molecule has 0 saturated carbocycles. The summed E-state index contributed by atoms with van der Waals surface area (Å²) in [5.41, 5.74) is -0.481. The van der Waals surface area contributed by atoms with Gasteiger partial charge in [0.2, 0.25) is 17.7 Å². The Morgan fingerprint density at radius 3 is 2.65 bits per heavy atom. The zero-order valence-corrected chi connectivity index (χ0v) is 25.3. The SMILES string of the molecule is C=CCCC(=O)N[C@@H](C)[C@H](OC(=O)[C@@H]1[C@H]2C(=O)N(CCO)[C@H](C(=O)N(CC=C)CCCC)[C@]23CC[C@H]1O3)c1ccccc1. The standard InChI is InChI=1S/C33H45N3O7/c1-5-8-15-25(38)34-22(4)28(23-13-11-10-12-14-23)42-32(41)26-24-16-17-33(43-24)27(26)30(39)36(20-21-37)29(33)31(40)35(18-7-3)19-9-6-2/h5,7,10-14,22,24,26-29,37H,1,3,6,8-9,15-21H2,2,4H3,(H,34,38)/t22-,24+,26-,27-,28-,29+,33-/m0/s1. The maximum Gasteiger partial charge on any atom is 0.313 e. The fraction of sp³-hybridized carbons (Fsp3) is 0.576. The molecule has 234 valence electrons. The molecule has 0 aliphatic carbocycles. The Morgan fingerprint density at radius 1 is 1.26 bits per heavy atom. The maximum atomic E-state index is 14.1. The predicted molar refractivity (Wildman–Crippen MR) is 160 cm³/mol. The van der Waals surface area contributed by atoms with Gasteiger partial charge >= 0.3 is 5.97 Å². The zero-order chi connectivity index (χ0) is 31.1. The van der Waals surface area contributed by atoms with Crippen molar-refractivity contribution in [3.8, 4) is 0 Å². The summed E-state index contributed by atoms with van der Waals surface area (Å²) in [7, 11) is 0. The number of likely N-dealkylation sites (tertiary alicyclic amines) is 1. The van der Waals surface area contributed by atoms with E-state index < -0.39 is 47.7 Å². The Hall–Kier alpha value is -3.50. The number of aliphatic hydroxyl groups is 1. The van der Waals surface area contributed by atoms with E-state index in [2.05, 4.69) is 18.5 Å². The molecule has 3 aliphatic rings. The third-order valence-corrected chi connectivity index (χ3v) is 8.88. The minimum absolute atomic E-state index is 0.0423. The fourth-order valence-corrected chi connectivity index (χ4v) is 6.96. The molecular formula is C33H45N3O7. The van der Waals surface area contributed by atoms with Crippen molar-refractivity contribution in [1.82, 2.24) is 15.1 Å². The highest BCUT2D eigenvalue weighted by Crippen LogP contribution is 2.59. The summed E-state index contributed by atoms with van der Waals surface area (Å²) < 4.78 is 12.6. The average molecular weight is 596 g/mol. The molecule has 7 atom stereocenters. The van der Waals surface area contributed by atoms with E-state index >= 15 is 0 Å². The molecule has 3 saturated heterocycles. The summed E-state index contributed by atoms with van der Waals surface area (Å²) in [4.78, 5) is 57.7. The van der Waals surface area contributed by atoms with Crippen LogP contribution in [0.1, 0.15) is 64.0 Å². The van der Waals surface area contributed by atoms with Crippen LogP contribution in [0.5, 0.6) is 0 Å². The third kappa shape index (κ3) is 6.40. The van der Waals surface area contributed by atoms with Gasteiger partial charge in [0.15, 0.2) is 0 Å². The Labute approximate surface area is 254 Å². The van der Waals surface area contributed by atoms with Crippen LogP contribution in [0.25, 0.3) is 0 Å². The summed E-state index contributed by atoms with van der Waals surface area (Å²) in [5.74, 6) is -3.26. The smallest absolute Gasteiger partial charge is 0.313 e. The van der Waals surface area contributed by atoms with Gasteiger partial charge in [-0.25, -0.2) is 0 Å². The van der Waals surface area contributed by atoms with Crippen LogP contribution in [-0.2, 0) is 28.7 Å². The molecule has 1 spiro atoms. The van der Waals surface area contributed by atoms with Crippen molar-refractivity contribution < 1.29 is 33.8 Å². The number of ether oxygens (including phenoxy) is 2. The molecule has 0 unspecified atom stereocenters. The second-order valence-electron chi connectivity index (χ2n) is 11.7. The Balaban J connectivity index is 1.62. The molecule has 0 radical (unpaired) electrons. The number of nitrogens with one attached hydrogen (secondary N) is 1. The normalized spacial score (nSPS) is 26.9. The second kappa shape index (κ2) is 14.3. The number of carbonyl (C=O) groups excluding carboxylic acids is 4. The molecule has 3 aliphatic heterocycles. The summed E-state index contributed by atoms with van der Waals surface area (Å²) >= 11 is 0. The third-order valence-electron chi connectivity index (χ3n) is 8.88. The number of allylic oxidation sites excluding steroid dienone is 1. The van der Waals surface area contributed by atoms with Crippen LogP contribution in [0, 0.1) is 11.8 Å². The van der Waals surface area contributed by atoms with Gasteiger partial charge in [-0.05, 0) is 38.2 Å². The van der Waals surface area contributed by atoms with Crippen molar-refractivity contribution in [2.24, 2.45) is 11.8 Å². The first-order valence-electron chi connectivity index (χ1n) is 15.4. The van der Waals surface area contributed by atoms with Gasteiger partial charge < -0.3 is 29.7 Å². The minimum Gasteiger partial charge on any atom is -0.455 e. The molecule has 1 aromatic carbocycles. The van der Waals surface area contributed by atoms with Crippen LogP contribution in [-0.4, -0.2) is 88.6 Å². The Bertz CT molecular complexity index is 1190. The molecule has 3 fully saturated rings. The van der Waals surface area contributed by atoms with E-state index in [0.29, 0.717) is 37.9 Å². The van der Waals surface area contributed by atoms with Gasteiger partial charge in [0.25, 0.3) is 0 Å². The van der Waals surface area contributed by atoms with Crippen molar-refractivity contribution >= 4 is 23.7 Å². The monoisotopic (exact) mass is 595 g/mol. The molecule has 4 rings (SSSR count). The number of fused-ring (bicyclic) bond motifs is 1. The van der Waals surface area contributed by atoms with Gasteiger partial charge in [0, 0.05) is 26.1 Å². The van der Waals surface area contributed by atoms with E-state index in [1.54, 1.807) is 24.0 Å². The highest BCUT2D eigenvalue weighted by Gasteiger charge is 2.75. The van der Waals surface area contributed by atoms with Crippen molar-refractivity contribution in [3.63, 3.8) is 0 Å². The maximum absolute atomic E-state index is 14.1. The van der Waals surface area contributed by atoms with Crippen molar-refractivity contribution in [3.05, 3.63) is 61.2 Å². The van der Waals surface area contributed by atoms with Crippen LogP contribution >= 0.6 is 0 Å². The van der Waals surface area contributed by atoms with Gasteiger partial charge in [-0.15, -0.1) is 13.2 Å². The number of unbranched alkanes of at least 4 members (excludes halogenated alkanes) is 1. The largest absolute Gasteiger partial charge is 0.455 e. The molecule has 10 heteroatoms. The number of esters is 1. The van der Waals surface area contributed by atoms with Crippen LogP contribution < -0.4 is 5.32 Å². The molecular weight excluding hydrogens is 550 g/mol. The lowest BCUT2D eigenvalue weighted by Gasteiger charge is -2.36. The zero-order valence-electron chi connectivity index (χ0n) is 25.3. The molecule has 3 amide bonds. The number of carbonyl (C=O) groups is 4. The van der Waals surface area contributed by atoms with Gasteiger partial charge in [-0.1, -0.05) is 55.8 Å². The van der Waals surface area contributed by atoms with Crippen molar-refractivity contribution in [2.75, 3.05) is 26.2 Å². The van der Waals surface area contributed by atoms with Gasteiger partial charge in [-0.3, -0.25) is 19.2 Å². The number of aliphatic hydroxyl groups excluding tert-OH is 1. The molecule has 10 nitrogen and oxygen atoms in total. The first kappa shape index (κ1) is 32.4. The van der Waals surface area contributed by atoms with Gasteiger partial charge in [0.05, 0.1) is 30.6 Å². The lowest BCUT2D eigenvalue weighted by molar-refractivity contribution is -0.162. The Kier molecular flexibility index (Phi) is 10.8. The van der Waals surface area contributed by atoms with Crippen LogP contribution in [0.3, 0.4) is 0 Å². The lowest BCUT2D eigenvalue weighted by Crippen LogP contribution is -2.56. The van der Waals surface area contributed by atoms with Crippen molar-refractivity contribution in [2.45, 2.75) is 82.3 Å². The molecule has 3 heterocycles. The van der Waals surface area contributed by atoms with Crippen LogP contribution in [0.2, 0.25) is 0 Å². The quantitative estimate of drug-likeness (QED) is 0.222. The minimum atomic E-state index is -1.18. The summed E-state index contributed by atoms with van der Waals surface area (Å²) in [5, 5.41) is 12.8. The predicted octanol–water partition coefficient (Wildman–Crippen LogP) is 2.92. The van der Waals surface area contributed by atoms with E-state index in [9.17, 15) is 24.3 Å². The summed E-state index contributed by atoms with van der Waals surface area (Å²) in [6.45, 7) is 11.7. The number of nitrogens with zero attached hydrogens (tertiary/aromatic N) is 2. The molecule has 2 bridgehead atoms. The van der Waals surface area contributed by atoms with Crippen molar-refractivity contribution in [1.29, 1.82) is 0 Å². The highest BCUT2D eigenvalue weighted by molar-refractivity contribution is 5.98. The van der Waals surface area contributed by atoms with E-state index in [-0.39, 0.29) is 37.3 Å². The van der Waals surface area contributed by atoms with E-state index in [4.69, 9.17) is 9.47 Å². The number of β-amino-alcohol motifs (C(OH)–C–C–N with tert-alkyl or cyclic N) is 1. The van der Waals surface area contributed by atoms with E-state index in [0.717, 1.165) is 12.8 Å². The van der Waals surface area contributed by atoms with Crippen LogP contribution in [0.15, 0.2) is 55.6 Å². The summed E-state index contributed by atoms with van der Waals surface area (Å²) in [6.07, 6.45) is 5.35. The van der Waals surface area contributed by atoms with Gasteiger partial charge in [-0.2, -0.15) is 0 Å².